The number of morpholine rings is 1. The van der Waals surface area contributed by atoms with Crippen molar-refractivity contribution >= 4 is 17.3 Å². The lowest BCUT2D eigenvalue weighted by Gasteiger charge is -2.38. The van der Waals surface area contributed by atoms with Crippen molar-refractivity contribution < 1.29 is 14.2 Å². The Labute approximate surface area is 111 Å². The Morgan fingerprint density at radius 1 is 1.39 bits per heavy atom. The molecule has 1 aliphatic rings. The van der Waals surface area contributed by atoms with Crippen molar-refractivity contribution in [3.8, 4) is 0 Å². The quantitative estimate of drug-likeness (QED) is 0.899. The Kier molecular flexibility index (Phi) is 4.10. The fraction of sp³-hybridized carbons (Fsp3) is 0.538. The molecule has 0 spiro atoms. The van der Waals surface area contributed by atoms with E-state index in [0.29, 0.717) is 24.3 Å². The van der Waals surface area contributed by atoms with Gasteiger partial charge in [0.1, 0.15) is 5.82 Å². The molecule has 1 aromatic carbocycles. The fourth-order valence-corrected chi connectivity index (χ4v) is 2.71. The van der Waals surface area contributed by atoms with Gasteiger partial charge in [0.25, 0.3) is 0 Å². The molecule has 0 amide bonds. The summed E-state index contributed by atoms with van der Waals surface area (Å²) in [5, 5.41) is 9.43. The highest BCUT2D eigenvalue weighted by Gasteiger charge is 2.26. The van der Waals surface area contributed by atoms with Crippen molar-refractivity contribution in [3.63, 3.8) is 0 Å². The van der Waals surface area contributed by atoms with Gasteiger partial charge in [-0.15, -0.1) is 0 Å². The number of rotatable bonds is 2. The summed E-state index contributed by atoms with van der Waals surface area (Å²) in [4.78, 5) is 1.98. The second kappa shape index (κ2) is 5.43. The van der Waals surface area contributed by atoms with Crippen LogP contribution in [-0.2, 0) is 11.3 Å². The number of aliphatic hydroxyl groups excluding tert-OH is 1. The number of aliphatic hydroxyl groups is 1. The molecule has 2 atom stereocenters. The topological polar surface area (TPSA) is 32.7 Å². The van der Waals surface area contributed by atoms with Crippen molar-refractivity contribution in [1.29, 1.82) is 0 Å². The zero-order valence-electron chi connectivity index (χ0n) is 10.5. The van der Waals surface area contributed by atoms with Crippen molar-refractivity contribution in [2.75, 3.05) is 18.0 Å². The predicted octanol–water partition coefficient (Wildman–Crippen LogP) is 2.59. The van der Waals surface area contributed by atoms with Crippen LogP contribution in [0.25, 0.3) is 0 Å². The van der Waals surface area contributed by atoms with Gasteiger partial charge < -0.3 is 14.7 Å². The highest BCUT2D eigenvalue weighted by Crippen LogP contribution is 2.34. The van der Waals surface area contributed by atoms with Crippen LogP contribution < -0.4 is 4.90 Å². The van der Waals surface area contributed by atoms with Gasteiger partial charge in [0.2, 0.25) is 0 Å². The molecule has 2 rings (SSSR count). The summed E-state index contributed by atoms with van der Waals surface area (Å²) in [7, 11) is 0. The third-order valence-electron chi connectivity index (χ3n) is 3.06. The fourth-order valence-electron chi connectivity index (χ4n) is 2.41. The number of anilines is 1. The van der Waals surface area contributed by atoms with Gasteiger partial charge in [-0.05, 0) is 19.9 Å². The van der Waals surface area contributed by atoms with E-state index in [1.165, 1.54) is 6.07 Å². The van der Waals surface area contributed by atoms with Crippen LogP contribution in [0, 0.1) is 5.82 Å². The van der Waals surface area contributed by atoms with Gasteiger partial charge in [-0.25, -0.2) is 4.39 Å². The van der Waals surface area contributed by atoms with Crippen molar-refractivity contribution in [1.82, 2.24) is 0 Å². The highest BCUT2D eigenvalue weighted by molar-refractivity contribution is 6.33. The molecule has 2 unspecified atom stereocenters. The summed E-state index contributed by atoms with van der Waals surface area (Å²) in [6.45, 7) is 5.06. The molecule has 0 radical (unpaired) electrons. The van der Waals surface area contributed by atoms with E-state index in [9.17, 15) is 9.50 Å². The Hall–Kier alpha value is -0.840. The number of nitrogens with zero attached hydrogens (tertiary/aromatic N) is 1. The first-order chi connectivity index (χ1) is 8.52. The lowest BCUT2D eigenvalue weighted by atomic mass is 10.1. The average molecular weight is 274 g/mol. The van der Waals surface area contributed by atoms with E-state index in [-0.39, 0.29) is 23.8 Å². The summed E-state index contributed by atoms with van der Waals surface area (Å²) in [6.07, 6.45) is 0.110. The molecule has 18 heavy (non-hydrogen) atoms. The Morgan fingerprint density at radius 2 is 2.00 bits per heavy atom. The molecule has 5 heteroatoms. The van der Waals surface area contributed by atoms with Gasteiger partial charge in [0.05, 0.1) is 29.5 Å². The molecule has 0 saturated carbocycles. The molecular weight excluding hydrogens is 257 g/mol. The molecule has 1 fully saturated rings. The van der Waals surface area contributed by atoms with E-state index in [1.54, 1.807) is 6.07 Å². The molecule has 0 aliphatic carbocycles. The van der Waals surface area contributed by atoms with E-state index in [2.05, 4.69) is 0 Å². The largest absolute Gasteiger partial charge is 0.392 e. The third-order valence-corrected chi connectivity index (χ3v) is 3.42. The lowest BCUT2D eigenvalue weighted by molar-refractivity contribution is -0.00532. The van der Waals surface area contributed by atoms with Gasteiger partial charge in [-0.3, -0.25) is 0 Å². The third kappa shape index (κ3) is 2.60. The first kappa shape index (κ1) is 13.6. The van der Waals surface area contributed by atoms with E-state index in [1.807, 2.05) is 18.7 Å². The summed E-state index contributed by atoms with van der Waals surface area (Å²) < 4.78 is 19.2. The minimum absolute atomic E-state index is 0.0552. The molecule has 1 saturated heterocycles. The zero-order chi connectivity index (χ0) is 13.3. The monoisotopic (exact) mass is 273 g/mol. The predicted molar refractivity (Wildman–Crippen MR) is 69.6 cm³/mol. The number of hydrogen-bond donors (Lipinski definition) is 1. The zero-order valence-corrected chi connectivity index (χ0v) is 11.2. The van der Waals surface area contributed by atoms with E-state index >= 15 is 0 Å². The van der Waals surface area contributed by atoms with Crippen molar-refractivity contribution in [2.24, 2.45) is 0 Å². The van der Waals surface area contributed by atoms with Gasteiger partial charge in [0.15, 0.2) is 0 Å². The van der Waals surface area contributed by atoms with Crippen LogP contribution in [0.2, 0.25) is 5.02 Å². The Balaban J connectivity index is 2.39. The van der Waals surface area contributed by atoms with Crippen LogP contribution in [0.15, 0.2) is 12.1 Å². The molecule has 1 N–H and O–H groups in total. The number of ether oxygens (including phenoxy) is 1. The SMILES string of the molecule is CC1CN(c2c(CO)ccc(F)c2Cl)CC(C)O1. The van der Waals surface area contributed by atoms with Crippen molar-refractivity contribution in [3.05, 3.63) is 28.5 Å². The Morgan fingerprint density at radius 3 is 2.56 bits per heavy atom. The van der Waals surface area contributed by atoms with Crippen LogP contribution >= 0.6 is 11.6 Å². The van der Waals surface area contributed by atoms with E-state index in [4.69, 9.17) is 16.3 Å². The highest BCUT2D eigenvalue weighted by atomic mass is 35.5. The van der Waals surface area contributed by atoms with Crippen LogP contribution in [0.1, 0.15) is 19.4 Å². The molecule has 1 aromatic rings. The Bertz CT molecular complexity index is 431. The van der Waals surface area contributed by atoms with Crippen LogP contribution in [-0.4, -0.2) is 30.4 Å². The summed E-state index contributed by atoms with van der Waals surface area (Å²) in [6, 6.07) is 2.85. The second-order valence-electron chi connectivity index (χ2n) is 4.69. The number of halogens is 2. The molecule has 1 heterocycles. The van der Waals surface area contributed by atoms with Crippen molar-refractivity contribution in [2.45, 2.75) is 32.7 Å². The first-order valence-corrected chi connectivity index (χ1v) is 6.39. The van der Waals surface area contributed by atoms with Gasteiger partial charge in [-0.1, -0.05) is 17.7 Å². The first-order valence-electron chi connectivity index (χ1n) is 6.01. The number of benzene rings is 1. The summed E-state index contributed by atoms with van der Waals surface area (Å²) >= 11 is 6.04. The maximum atomic E-state index is 13.6. The smallest absolute Gasteiger partial charge is 0.143 e. The van der Waals surface area contributed by atoms with Gasteiger partial charge in [-0.2, -0.15) is 0 Å². The second-order valence-corrected chi connectivity index (χ2v) is 5.07. The summed E-state index contributed by atoms with van der Waals surface area (Å²) in [5.74, 6) is -0.462. The maximum absolute atomic E-state index is 13.6. The molecular formula is C13H17ClFNO2. The molecule has 0 bridgehead atoms. The van der Waals surface area contributed by atoms with Crippen LogP contribution in [0.5, 0.6) is 0 Å². The summed E-state index contributed by atoms with van der Waals surface area (Å²) in [5.41, 5.74) is 1.23. The molecule has 3 nitrogen and oxygen atoms in total. The molecule has 1 aliphatic heterocycles. The van der Waals surface area contributed by atoms with Gasteiger partial charge >= 0.3 is 0 Å². The minimum atomic E-state index is -0.462. The van der Waals surface area contributed by atoms with Crippen LogP contribution in [0.3, 0.4) is 0 Å². The van der Waals surface area contributed by atoms with Gasteiger partial charge in [0, 0.05) is 18.7 Å². The minimum Gasteiger partial charge on any atom is -0.392 e. The standard InChI is InChI=1S/C13H17ClFNO2/c1-8-5-16(6-9(2)18-8)13-10(7-17)3-4-11(15)12(13)14/h3-4,8-9,17H,5-7H2,1-2H3. The van der Waals surface area contributed by atoms with E-state index in [0.717, 1.165) is 0 Å². The molecule has 100 valence electrons. The van der Waals surface area contributed by atoms with E-state index < -0.39 is 5.82 Å². The average Bonchev–Trinajstić information content (AvgIpc) is 2.31. The lowest BCUT2D eigenvalue weighted by Crippen LogP contribution is -2.46. The maximum Gasteiger partial charge on any atom is 0.143 e. The number of hydrogen-bond acceptors (Lipinski definition) is 3. The normalized spacial score (nSPS) is 24.4. The molecule has 0 aromatic heterocycles. The van der Waals surface area contributed by atoms with Crippen LogP contribution in [0.4, 0.5) is 10.1 Å².